The van der Waals surface area contributed by atoms with Crippen molar-refractivity contribution < 1.29 is 9.57 Å². The Labute approximate surface area is 94.6 Å². The first kappa shape index (κ1) is 14.2. The summed E-state index contributed by atoms with van der Waals surface area (Å²) in [5, 5.41) is 14.8. The number of nitrogens with zero attached hydrogens (tertiary/aromatic N) is 2. The van der Waals surface area contributed by atoms with Gasteiger partial charge < -0.3 is 25.5 Å². The minimum absolute atomic E-state index is 0.833. The minimum Gasteiger partial charge on any atom is -0.399 e. The largest absolute Gasteiger partial charge is 0.399 e. The Morgan fingerprint density at radius 3 is 1.88 bits per heavy atom. The molecule has 0 aliphatic rings. The molecule has 1 aromatic rings. The van der Waals surface area contributed by atoms with Crippen LogP contribution in [0.1, 0.15) is 5.56 Å². The first-order valence-corrected chi connectivity index (χ1v) is 4.67. The highest BCUT2D eigenvalue weighted by Gasteiger charge is 2.07. The van der Waals surface area contributed by atoms with E-state index in [0.29, 0.717) is 0 Å². The lowest BCUT2D eigenvalue weighted by Crippen LogP contribution is -2.33. The lowest BCUT2D eigenvalue weighted by atomic mass is 10.2. The molecule has 0 fully saturated rings. The fourth-order valence-corrected chi connectivity index (χ4v) is 1.17. The van der Waals surface area contributed by atoms with Crippen molar-refractivity contribution in [2.24, 2.45) is 0 Å². The normalized spacial score (nSPS) is 10.2. The maximum absolute atomic E-state index is 8.25. The third-order valence-corrected chi connectivity index (χ3v) is 1.64. The number of hydrogen-bond donors (Lipinski definition) is 1. The highest BCUT2D eigenvalue weighted by molar-refractivity contribution is 5.38. The minimum atomic E-state index is -1.75. The van der Waals surface area contributed by atoms with Crippen LogP contribution in [-0.2, 0) is 6.54 Å². The molecule has 6 heteroatoms. The highest BCUT2D eigenvalue weighted by atomic mass is 16.9. The van der Waals surface area contributed by atoms with Gasteiger partial charge in [-0.2, -0.15) is 0 Å². The van der Waals surface area contributed by atoms with E-state index in [4.69, 9.17) is 21.1 Å². The Balaban J connectivity index is 0.000000487. The number of nitrogens with two attached hydrogens (primary N) is 1. The molecule has 0 aliphatic heterocycles. The molecule has 6 nitrogen and oxygen atoms in total. The van der Waals surface area contributed by atoms with Crippen LogP contribution in [0, 0.1) is 15.3 Å². The van der Waals surface area contributed by atoms with Crippen LogP contribution in [0.2, 0.25) is 0 Å². The van der Waals surface area contributed by atoms with E-state index in [0.717, 1.165) is 16.7 Å². The van der Waals surface area contributed by atoms with Crippen molar-refractivity contribution in [3.05, 3.63) is 45.2 Å². The summed E-state index contributed by atoms with van der Waals surface area (Å²) in [6, 6.07) is 8.06. The van der Waals surface area contributed by atoms with Crippen LogP contribution in [0.5, 0.6) is 0 Å². The molecule has 0 saturated carbocycles. The molecule has 0 aromatic heterocycles. The maximum Gasteiger partial charge on any atom is 0.104 e. The molecule has 90 valence electrons. The molecular weight excluding hydrogens is 210 g/mol. The summed E-state index contributed by atoms with van der Waals surface area (Å²) >= 11 is 0. The quantitative estimate of drug-likeness (QED) is 0.356. The van der Waals surface area contributed by atoms with Crippen LogP contribution in [0.15, 0.2) is 24.3 Å². The number of rotatable bonds is 2. The maximum atomic E-state index is 8.25. The van der Waals surface area contributed by atoms with Crippen LogP contribution in [0.3, 0.4) is 0 Å². The van der Waals surface area contributed by atoms with Crippen LogP contribution in [0.4, 0.5) is 5.69 Å². The van der Waals surface area contributed by atoms with Crippen LogP contribution in [0.25, 0.3) is 0 Å². The van der Waals surface area contributed by atoms with Gasteiger partial charge in [0, 0.05) is 11.3 Å². The second-order valence-electron chi connectivity index (χ2n) is 4.41. The molecular formula is C10H17N3O3. The molecule has 0 bridgehead atoms. The Bertz CT molecular complexity index is 326. The molecule has 0 aliphatic carbocycles. The van der Waals surface area contributed by atoms with Gasteiger partial charge in [0.1, 0.15) is 6.54 Å². The topological polar surface area (TPSA) is 92.2 Å². The van der Waals surface area contributed by atoms with Gasteiger partial charge >= 0.3 is 0 Å². The molecule has 0 spiro atoms. The molecule has 1 rings (SSSR count). The molecule has 0 heterocycles. The Hall–Kier alpha value is -1.82. The fourth-order valence-electron chi connectivity index (χ4n) is 1.17. The summed E-state index contributed by atoms with van der Waals surface area (Å²) in [6.07, 6.45) is 0. The van der Waals surface area contributed by atoms with Crippen molar-refractivity contribution in [3.8, 4) is 0 Å². The van der Waals surface area contributed by atoms with E-state index >= 15 is 0 Å². The third-order valence-electron chi connectivity index (χ3n) is 1.64. The lowest BCUT2D eigenvalue weighted by Gasteiger charge is -2.23. The molecule has 0 radical (unpaired) electrons. The number of hydrogen-bond acceptors (Lipinski definition) is 4. The van der Waals surface area contributed by atoms with Gasteiger partial charge in [-0.25, -0.2) is 0 Å². The van der Waals surface area contributed by atoms with Crippen molar-refractivity contribution in [2.75, 3.05) is 26.9 Å². The van der Waals surface area contributed by atoms with Crippen LogP contribution >= 0.6 is 0 Å². The number of anilines is 1. The Kier molecular flexibility index (Phi) is 5.24. The van der Waals surface area contributed by atoms with Gasteiger partial charge in [0.15, 0.2) is 0 Å². The van der Waals surface area contributed by atoms with Crippen LogP contribution < -0.4 is 5.73 Å². The van der Waals surface area contributed by atoms with Gasteiger partial charge in [-0.3, -0.25) is 0 Å². The average Bonchev–Trinajstić information content (AvgIpc) is 2.05. The van der Waals surface area contributed by atoms with Gasteiger partial charge in [-0.05, 0) is 12.1 Å². The third kappa shape index (κ3) is 8.76. The summed E-state index contributed by atoms with van der Waals surface area (Å²) < 4.78 is 0.948. The molecule has 16 heavy (non-hydrogen) atoms. The zero-order valence-electron chi connectivity index (χ0n) is 9.71. The molecule has 0 unspecified atom stereocenters. The molecule has 0 saturated heterocycles. The zero-order chi connectivity index (χ0) is 12.8. The SMILES string of the molecule is C[N+](C)(C)Cc1ccc(N)cc1.O=[N+]([O-])[O-]. The van der Waals surface area contributed by atoms with E-state index in [9.17, 15) is 0 Å². The second kappa shape index (κ2) is 5.92. The molecule has 1 aromatic carbocycles. The Morgan fingerprint density at radius 1 is 1.19 bits per heavy atom. The predicted octanol–water partition coefficient (Wildman–Crippen LogP) is 1.24. The fraction of sp³-hybridized carbons (Fsp3) is 0.400. The van der Waals surface area contributed by atoms with E-state index in [1.54, 1.807) is 0 Å². The summed E-state index contributed by atoms with van der Waals surface area (Å²) in [5.74, 6) is 0. The molecule has 0 amide bonds. The van der Waals surface area contributed by atoms with Crippen molar-refractivity contribution >= 4 is 5.69 Å². The number of nitrogen functional groups attached to an aromatic ring is 1. The van der Waals surface area contributed by atoms with Crippen molar-refractivity contribution in [2.45, 2.75) is 6.54 Å². The van der Waals surface area contributed by atoms with E-state index in [2.05, 4.69) is 33.3 Å². The summed E-state index contributed by atoms with van der Waals surface area (Å²) in [4.78, 5) is 8.25. The first-order valence-electron chi connectivity index (χ1n) is 4.67. The van der Waals surface area contributed by atoms with E-state index in [-0.39, 0.29) is 0 Å². The second-order valence-corrected chi connectivity index (χ2v) is 4.41. The van der Waals surface area contributed by atoms with Crippen molar-refractivity contribution in [1.29, 1.82) is 0 Å². The van der Waals surface area contributed by atoms with E-state index < -0.39 is 5.09 Å². The lowest BCUT2D eigenvalue weighted by molar-refractivity contribution is -0.884. The summed E-state index contributed by atoms with van der Waals surface area (Å²) in [6.45, 7) is 1.04. The van der Waals surface area contributed by atoms with Gasteiger partial charge in [0.2, 0.25) is 0 Å². The van der Waals surface area contributed by atoms with E-state index in [1.165, 1.54) is 5.56 Å². The van der Waals surface area contributed by atoms with Gasteiger partial charge in [0.05, 0.1) is 26.2 Å². The predicted molar refractivity (Wildman–Crippen MR) is 63.0 cm³/mol. The average molecular weight is 227 g/mol. The van der Waals surface area contributed by atoms with Gasteiger partial charge in [0.25, 0.3) is 0 Å². The summed E-state index contributed by atoms with van der Waals surface area (Å²) in [7, 11) is 6.53. The zero-order valence-corrected chi connectivity index (χ0v) is 9.71. The number of quaternary nitrogens is 1. The highest BCUT2D eigenvalue weighted by Crippen LogP contribution is 2.09. The number of benzene rings is 1. The van der Waals surface area contributed by atoms with Gasteiger partial charge in [-0.15, -0.1) is 0 Å². The first-order chi connectivity index (χ1) is 7.20. The van der Waals surface area contributed by atoms with Gasteiger partial charge in [-0.1, -0.05) is 12.1 Å². The summed E-state index contributed by atoms with van der Waals surface area (Å²) in [5.41, 5.74) is 7.75. The van der Waals surface area contributed by atoms with Crippen LogP contribution in [-0.4, -0.2) is 30.7 Å². The monoisotopic (exact) mass is 227 g/mol. The van der Waals surface area contributed by atoms with E-state index in [1.807, 2.05) is 12.1 Å². The smallest absolute Gasteiger partial charge is 0.104 e. The van der Waals surface area contributed by atoms with Crippen molar-refractivity contribution in [3.63, 3.8) is 0 Å². The molecule has 2 N–H and O–H groups in total. The standard InChI is InChI=1S/C10H17N2.NO3/c1-12(2,3)8-9-4-6-10(11)7-5-9;2-1(3)4/h4-7H,8,11H2,1-3H3;/q+1;-1. The Morgan fingerprint density at radius 2 is 1.56 bits per heavy atom. The molecule has 0 atom stereocenters. The van der Waals surface area contributed by atoms with Crippen molar-refractivity contribution in [1.82, 2.24) is 0 Å².